The fourth-order valence-electron chi connectivity index (χ4n) is 4.21. The summed E-state index contributed by atoms with van der Waals surface area (Å²) in [5, 5.41) is 8.03. The summed E-state index contributed by atoms with van der Waals surface area (Å²) in [7, 11) is 4.36. The van der Waals surface area contributed by atoms with Crippen LogP contribution >= 0.6 is 11.3 Å². The van der Waals surface area contributed by atoms with Crippen LogP contribution in [0, 0.1) is 0 Å². The minimum atomic E-state index is 0.456. The molecule has 5 rings (SSSR count). The van der Waals surface area contributed by atoms with Crippen LogP contribution < -0.4 is 5.32 Å². The Balaban J connectivity index is 1.48. The lowest BCUT2D eigenvalue weighted by molar-refractivity contribution is 0.221. The monoisotopic (exact) mass is 392 g/mol. The van der Waals surface area contributed by atoms with Crippen LogP contribution in [0.1, 0.15) is 25.7 Å². The van der Waals surface area contributed by atoms with Crippen LogP contribution in [0.2, 0.25) is 0 Å². The smallest absolute Gasteiger partial charge is 0.139 e. The van der Waals surface area contributed by atoms with Gasteiger partial charge in [0.05, 0.1) is 5.39 Å². The standard InChI is InChI=1S/C22H24N4OS/c1-26(2)16-9-7-15(8-10-16)25-21-20-17(12-28-22(20)24-13-23-21)19-11-14-5-3-4-6-18(14)27-19/h3-6,11-13,15-16H,7-10H2,1-2H3,(H,23,24,25)/t15-,16-. The van der Waals surface area contributed by atoms with Gasteiger partial charge in [0.25, 0.3) is 0 Å². The van der Waals surface area contributed by atoms with Crippen LogP contribution in [0.4, 0.5) is 5.82 Å². The van der Waals surface area contributed by atoms with E-state index in [1.165, 1.54) is 25.7 Å². The number of nitrogens with zero attached hydrogens (tertiary/aromatic N) is 3. The molecular formula is C22H24N4OS. The second-order valence-corrected chi connectivity index (χ2v) is 8.67. The molecule has 28 heavy (non-hydrogen) atoms. The topological polar surface area (TPSA) is 54.2 Å². The van der Waals surface area contributed by atoms with Crippen molar-refractivity contribution in [1.82, 2.24) is 14.9 Å². The number of anilines is 1. The Morgan fingerprint density at radius 2 is 1.93 bits per heavy atom. The van der Waals surface area contributed by atoms with E-state index in [9.17, 15) is 0 Å². The van der Waals surface area contributed by atoms with Gasteiger partial charge in [0.15, 0.2) is 0 Å². The van der Waals surface area contributed by atoms with E-state index in [1.807, 2.05) is 18.2 Å². The molecule has 1 aliphatic rings. The van der Waals surface area contributed by atoms with E-state index in [4.69, 9.17) is 4.42 Å². The first kappa shape index (κ1) is 17.6. The van der Waals surface area contributed by atoms with E-state index in [0.717, 1.165) is 38.3 Å². The number of thiophene rings is 1. The molecule has 3 heterocycles. The van der Waals surface area contributed by atoms with Crippen LogP contribution in [0.5, 0.6) is 0 Å². The highest BCUT2D eigenvalue weighted by molar-refractivity contribution is 7.17. The summed E-state index contributed by atoms with van der Waals surface area (Å²) >= 11 is 1.64. The minimum absolute atomic E-state index is 0.456. The Morgan fingerprint density at radius 3 is 2.71 bits per heavy atom. The van der Waals surface area contributed by atoms with Crippen LogP contribution in [0.3, 0.4) is 0 Å². The summed E-state index contributed by atoms with van der Waals surface area (Å²) in [6, 6.07) is 11.4. The maximum atomic E-state index is 6.12. The molecular weight excluding hydrogens is 368 g/mol. The molecule has 0 radical (unpaired) electrons. The maximum Gasteiger partial charge on any atom is 0.139 e. The zero-order valence-electron chi connectivity index (χ0n) is 16.2. The molecule has 4 aromatic rings. The molecule has 1 fully saturated rings. The Hall–Kier alpha value is -2.44. The molecule has 0 amide bonds. The van der Waals surface area contributed by atoms with E-state index in [0.29, 0.717) is 12.1 Å². The van der Waals surface area contributed by atoms with Crippen molar-refractivity contribution in [3.05, 3.63) is 42.0 Å². The molecule has 144 valence electrons. The average molecular weight is 393 g/mol. The first-order chi connectivity index (χ1) is 13.7. The molecule has 1 saturated carbocycles. The Morgan fingerprint density at radius 1 is 1.11 bits per heavy atom. The average Bonchev–Trinajstić information content (AvgIpc) is 3.33. The van der Waals surface area contributed by atoms with Crippen molar-refractivity contribution in [2.45, 2.75) is 37.8 Å². The molecule has 0 atom stereocenters. The van der Waals surface area contributed by atoms with Crippen molar-refractivity contribution >= 4 is 38.3 Å². The zero-order chi connectivity index (χ0) is 19.1. The van der Waals surface area contributed by atoms with Crippen LogP contribution in [0.25, 0.3) is 32.5 Å². The van der Waals surface area contributed by atoms with Gasteiger partial charge in [0.2, 0.25) is 0 Å². The number of rotatable bonds is 4. The molecule has 0 spiro atoms. The van der Waals surface area contributed by atoms with Gasteiger partial charge in [-0.05, 0) is 51.9 Å². The molecule has 0 bridgehead atoms. The Labute approximate surface area is 168 Å². The molecule has 0 saturated heterocycles. The highest BCUT2D eigenvalue weighted by Gasteiger charge is 2.24. The van der Waals surface area contributed by atoms with E-state index < -0.39 is 0 Å². The molecule has 1 N–H and O–H groups in total. The van der Waals surface area contributed by atoms with Gasteiger partial charge in [-0.15, -0.1) is 11.3 Å². The molecule has 5 nitrogen and oxygen atoms in total. The molecule has 6 heteroatoms. The van der Waals surface area contributed by atoms with Gasteiger partial charge < -0.3 is 14.6 Å². The molecule has 0 unspecified atom stereocenters. The summed E-state index contributed by atoms with van der Waals surface area (Å²) in [4.78, 5) is 12.4. The Bertz CT molecular complexity index is 1080. The summed E-state index contributed by atoms with van der Waals surface area (Å²) in [6.45, 7) is 0. The van der Waals surface area contributed by atoms with Crippen molar-refractivity contribution in [2.75, 3.05) is 19.4 Å². The lowest BCUT2D eigenvalue weighted by Gasteiger charge is -2.33. The quantitative estimate of drug-likeness (QED) is 0.505. The van der Waals surface area contributed by atoms with Crippen molar-refractivity contribution in [2.24, 2.45) is 0 Å². The number of furan rings is 1. The third-order valence-corrected chi connectivity index (χ3v) is 6.72. The number of fused-ring (bicyclic) bond motifs is 2. The van der Waals surface area contributed by atoms with E-state index in [2.05, 4.69) is 51.8 Å². The van der Waals surface area contributed by atoms with Crippen molar-refractivity contribution in [3.63, 3.8) is 0 Å². The van der Waals surface area contributed by atoms with Gasteiger partial charge in [-0.3, -0.25) is 0 Å². The lowest BCUT2D eigenvalue weighted by Crippen LogP contribution is -2.36. The SMILES string of the molecule is CN(C)[C@H]1CC[C@H](Nc2ncnc3scc(-c4cc5ccccc5o4)c23)CC1. The third kappa shape index (κ3) is 3.16. The molecule has 1 aliphatic carbocycles. The fourth-order valence-corrected chi connectivity index (χ4v) is 5.11. The van der Waals surface area contributed by atoms with Gasteiger partial charge >= 0.3 is 0 Å². The number of nitrogens with one attached hydrogen (secondary N) is 1. The molecule has 1 aromatic carbocycles. The third-order valence-electron chi connectivity index (χ3n) is 5.83. The summed E-state index contributed by atoms with van der Waals surface area (Å²) in [5.41, 5.74) is 1.98. The zero-order valence-corrected chi connectivity index (χ0v) is 17.0. The second-order valence-electron chi connectivity index (χ2n) is 7.81. The van der Waals surface area contributed by atoms with E-state index in [1.54, 1.807) is 17.7 Å². The summed E-state index contributed by atoms with van der Waals surface area (Å²) < 4.78 is 6.12. The summed E-state index contributed by atoms with van der Waals surface area (Å²) in [5.74, 6) is 1.80. The van der Waals surface area contributed by atoms with Crippen molar-refractivity contribution in [1.29, 1.82) is 0 Å². The predicted octanol–water partition coefficient (Wildman–Crippen LogP) is 5.39. The van der Waals surface area contributed by atoms with E-state index in [-0.39, 0.29) is 0 Å². The highest BCUT2D eigenvalue weighted by atomic mass is 32.1. The minimum Gasteiger partial charge on any atom is -0.456 e. The first-order valence-electron chi connectivity index (χ1n) is 9.83. The van der Waals surface area contributed by atoms with E-state index >= 15 is 0 Å². The van der Waals surface area contributed by atoms with Gasteiger partial charge in [-0.1, -0.05) is 18.2 Å². The normalized spacial score (nSPS) is 20.2. The number of hydrogen-bond acceptors (Lipinski definition) is 6. The van der Waals surface area contributed by atoms with Crippen LogP contribution in [0.15, 0.2) is 46.5 Å². The lowest BCUT2D eigenvalue weighted by atomic mass is 9.90. The molecule has 0 aliphatic heterocycles. The largest absolute Gasteiger partial charge is 0.456 e. The second kappa shape index (κ2) is 7.18. The summed E-state index contributed by atoms with van der Waals surface area (Å²) in [6.07, 6.45) is 6.43. The first-order valence-corrected chi connectivity index (χ1v) is 10.7. The number of hydrogen-bond donors (Lipinski definition) is 1. The predicted molar refractivity (Wildman–Crippen MR) is 116 cm³/mol. The van der Waals surface area contributed by atoms with Crippen LogP contribution in [-0.4, -0.2) is 41.0 Å². The van der Waals surface area contributed by atoms with Crippen molar-refractivity contribution < 1.29 is 4.42 Å². The maximum absolute atomic E-state index is 6.12. The number of para-hydroxylation sites is 1. The number of aromatic nitrogens is 2. The number of benzene rings is 1. The highest BCUT2D eigenvalue weighted by Crippen LogP contribution is 2.39. The van der Waals surface area contributed by atoms with Gasteiger partial charge in [0.1, 0.15) is 28.3 Å². The molecule has 3 aromatic heterocycles. The van der Waals surface area contributed by atoms with Crippen LogP contribution in [-0.2, 0) is 0 Å². The fraction of sp³-hybridized carbons (Fsp3) is 0.364. The van der Waals surface area contributed by atoms with Gasteiger partial charge in [0, 0.05) is 28.4 Å². The van der Waals surface area contributed by atoms with Gasteiger partial charge in [-0.25, -0.2) is 9.97 Å². The van der Waals surface area contributed by atoms with Crippen molar-refractivity contribution in [3.8, 4) is 11.3 Å². The Kier molecular flexibility index (Phi) is 4.53. The van der Waals surface area contributed by atoms with Gasteiger partial charge in [-0.2, -0.15) is 0 Å².